The minimum atomic E-state index is -0.793. The molecule has 0 fully saturated rings. The van der Waals surface area contributed by atoms with Crippen LogP contribution in [0.2, 0.25) is 0 Å². The van der Waals surface area contributed by atoms with Crippen molar-refractivity contribution in [3.05, 3.63) is 78.3 Å². The second kappa shape index (κ2) is 8.54. The zero-order chi connectivity index (χ0) is 21.8. The number of amides is 3. The Kier molecular flexibility index (Phi) is 5.48. The summed E-state index contributed by atoms with van der Waals surface area (Å²) in [5.41, 5.74) is 1.31. The quantitative estimate of drug-likeness (QED) is 0.614. The Balaban J connectivity index is 1.44. The molecule has 0 aliphatic carbocycles. The Hall–Kier alpha value is -4.40. The molecule has 3 aromatic rings. The second-order valence-electron chi connectivity index (χ2n) is 6.60. The Bertz CT molecular complexity index is 1160. The van der Waals surface area contributed by atoms with Crippen molar-refractivity contribution in [1.29, 1.82) is 0 Å². The van der Waals surface area contributed by atoms with Crippen molar-refractivity contribution >= 4 is 40.8 Å². The molecule has 0 bridgehead atoms. The SMILES string of the molecule is O=C1CN(C(=O)COC(=O)c2ccccc2NC(=O)c2ccco2)c2ccccc2N1. The van der Waals surface area contributed by atoms with E-state index in [9.17, 15) is 19.2 Å². The van der Waals surface area contributed by atoms with Gasteiger partial charge in [0.15, 0.2) is 12.4 Å². The highest BCUT2D eigenvalue weighted by atomic mass is 16.5. The van der Waals surface area contributed by atoms with Crippen LogP contribution in [-0.2, 0) is 14.3 Å². The number of hydrogen-bond acceptors (Lipinski definition) is 6. The number of hydrogen-bond donors (Lipinski definition) is 2. The van der Waals surface area contributed by atoms with Gasteiger partial charge in [0.1, 0.15) is 6.54 Å². The fourth-order valence-electron chi connectivity index (χ4n) is 3.10. The van der Waals surface area contributed by atoms with E-state index < -0.39 is 24.4 Å². The summed E-state index contributed by atoms with van der Waals surface area (Å²) in [6.45, 7) is -0.746. The molecule has 4 rings (SSSR count). The van der Waals surface area contributed by atoms with Gasteiger partial charge in [-0.25, -0.2) is 4.79 Å². The molecular formula is C22H17N3O6. The highest BCUT2D eigenvalue weighted by molar-refractivity contribution is 6.11. The summed E-state index contributed by atoms with van der Waals surface area (Å²) in [4.78, 5) is 50.6. The highest BCUT2D eigenvalue weighted by Crippen LogP contribution is 2.29. The number of furan rings is 1. The number of para-hydroxylation sites is 3. The van der Waals surface area contributed by atoms with Crippen molar-refractivity contribution in [3.63, 3.8) is 0 Å². The van der Waals surface area contributed by atoms with Gasteiger partial charge in [-0.1, -0.05) is 24.3 Å². The normalized spacial score (nSPS) is 12.5. The van der Waals surface area contributed by atoms with E-state index in [1.165, 1.54) is 29.4 Å². The lowest BCUT2D eigenvalue weighted by atomic mass is 10.1. The number of anilines is 3. The topological polar surface area (TPSA) is 118 Å². The van der Waals surface area contributed by atoms with Gasteiger partial charge >= 0.3 is 5.97 Å². The van der Waals surface area contributed by atoms with Crippen molar-refractivity contribution in [2.24, 2.45) is 0 Å². The van der Waals surface area contributed by atoms with Crippen molar-refractivity contribution in [3.8, 4) is 0 Å². The summed E-state index contributed by atoms with van der Waals surface area (Å²) in [6, 6.07) is 16.1. The smallest absolute Gasteiger partial charge is 0.340 e. The van der Waals surface area contributed by atoms with E-state index in [0.717, 1.165) is 0 Å². The van der Waals surface area contributed by atoms with Gasteiger partial charge in [0, 0.05) is 0 Å². The van der Waals surface area contributed by atoms with Crippen LogP contribution >= 0.6 is 0 Å². The lowest BCUT2D eigenvalue weighted by Gasteiger charge is -2.28. The van der Waals surface area contributed by atoms with Crippen LogP contribution in [0, 0.1) is 0 Å². The molecule has 1 aromatic heterocycles. The molecule has 2 N–H and O–H groups in total. The summed E-state index contributed by atoms with van der Waals surface area (Å²) in [5.74, 6) is -2.13. The van der Waals surface area contributed by atoms with Gasteiger partial charge in [0.25, 0.3) is 11.8 Å². The fraction of sp³-hybridized carbons (Fsp3) is 0.0909. The lowest BCUT2D eigenvalue weighted by molar-refractivity contribution is -0.124. The summed E-state index contributed by atoms with van der Waals surface area (Å²) in [7, 11) is 0. The van der Waals surface area contributed by atoms with Gasteiger partial charge in [-0.2, -0.15) is 0 Å². The van der Waals surface area contributed by atoms with Crippen molar-refractivity contribution in [2.75, 3.05) is 28.7 Å². The fourth-order valence-corrected chi connectivity index (χ4v) is 3.10. The van der Waals surface area contributed by atoms with Gasteiger partial charge in [-0.05, 0) is 36.4 Å². The van der Waals surface area contributed by atoms with Gasteiger partial charge < -0.3 is 19.8 Å². The first kappa shape index (κ1) is 19.9. The molecule has 0 saturated heterocycles. The lowest BCUT2D eigenvalue weighted by Crippen LogP contribution is -2.44. The summed E-state index contributed by atoms with van der Waals surface area (Å²) in [6.07, 6.45) is 1.36. The number of nitrogens with one attached hydrogen (secondary N) is 2. The van der Waals surface area contributed by atoms with Crippen molar-refractivity contribution in [2.45, 2.75) is 0 Å². The number of carbonyl (C=O) groups excluding carboxylic acids is 4. The Morgan fingerprint density at radius 1 is 1.03 bits per heavy atom. The second-order valence-corrected chi connectivity index (χ2v) is 6.60. The first-order chi connectivity index (χ1) is 15.0. The summed E-state index contributed by atoms with van der Waals surface area (Å²) in [5, 5.41) is 5.27. The number of fused-ring (bicyclic) bond motifs is 1. The van der Waals surface area contributed by atoms with Crippen LogP contribution in [0.4, 0.5) is 17.1 Å². The van der Waals surface area contributed by atoms with Crippen LogP contribution in [0.3, 0.4) is 0 Å². The van der Waals surface area contributed by atoms with Crippen LogP contribution in [0.15, 0.2) is 71.3 Å². The zero-order valence-electron chi connectivity index (χ0n) is 16.2. The molecule has 2 heterocycles. The van der Waals surface area contributed by atoms with Crippen LogP contribution < -0.4 is 15.5 Å². The molecule has 31 heavy (non-hydrogen) atoms. The largest absolute Gasteiger partial charge is 0.459 e. The number of nitrogens with zero attached hydrogens (tertiary/aromatic N) is 1. The third-order valence-electron chi connectivity index (χ3n) is 4.54. The zero-order valence-corrected chi connectivity index (χ0v) is 16.2. The van der Waals surface area contributed by atoms with Crippen LogP contribution in [0.1, 0.15) is 20.9 Å². The minimum absolute atomic E-state index is 0.0759. The predicted molar refractivity (Wildman–Crippen MR) is 111 cm³/mol. The van der Waals surface area contributed by atoms with Gasteiger partial charge in [0.05, 0.1) is 28.9 Å². The molecule has 2 aromatic carbocycles. The number of esters is 1. The molecule has 0 saturated carbocycles. The maximum absolute atomic E-state index is 12.6. The Labute approximate surface area is 176 Å². The standard InChI is InChI=1S/C22H17N3O6/c26-19-12-25(17-9-4-3-8-16(17)23-19)20(27)13-31-22(29)14-6-1-2-7-15(14)24-21(28)18-10-5-11-30-18/h1-11H,12-13H2,(H,23,26)(H,24,28). The maximum Gasteiger partial charge on any atom is 0.340 e. The average Bonchev–Trinajstić information content (AvgIpc) is 3.32. The first-order valence-corrected chi connectivity index (χ1v) is 9.33. The molecule has 3 amide bonds. The van der Waals surface area contributed by atoms with Crippen LogP contribution in [-0.4, -0.2) is 36.8 Å². The number of carbonyl (C=O) groups is 4. The first-order valence-electron chi connectivity index (χ1n) is 9.33. The minimum Gasteiger partial charge on any atom is -0.459 e. The van der Waals surface area contributed by atoms with Crippen molar-refractivity contribution in [1.82, 2.24) is 0 Å². The number of ether oxygens (including phenoxy) is 1. The van der Waals surface area contributed by atoms with Crippen LogP contribution in [0.5, 0.6) is 0 Å². The van der Waals surface area contributed by atoms with E-state index in [-0.39, 0.29) is 29.5 Å². The summed E-state index contributed by atoms with van der Waals surface area (Å²) >= 11 is 0. The van der Waals surface area contributed by atoms with Gasteiger partial charge in [-0.15, -0.1) is 0 Å². The van der Waals surface area contributed by atoms with E-state index in [1.54, 1.807) is 42.5 Å². The molecule has 0 spiro atoms. The van der Waals surface area contributed by atoms with E-state index in [1.807, 2.05) is 0 Å². The molecule has 0 radical (unpaired) electrons. The molecular weight excluding hydrogens is 402 g/mol. The van der Waals surface area contributed by atoms with Crippen LogP contribution in [0.25, 0.3) is 0 Å². The molecule has 9 nitrogen and oxygen atoms in total. The molecule has 1 aliphatic heterocycles. The third-order valence-corrected chi connectivity index (χ3v) is 4.54. The molecule has 156 valence electrons. The van der Waals surface area contributed by atoms with Gasteiger partial charge in [0.2, 0.25) is 5.91 Å². The Morgan fingerprint density at radius 3 is 2.61 bits per heavy atom. The molecule has 0 atom stereocenters. The summed E-state index contributed by atoms with van der Waals surface area (Å²) < 4.78 is 10.2. The van der Waals surface area contributed by atoms with Gasteiger partial charge in [-0.3, -0.25) is 19.3 Å². The van der Waals surface area contributed by atoms with E-state index in [2.05, 4.69) is 10.6 Å². The average molecular weight is 419 g/mol. The van der Waals surface area contributed by atoms with Crippen molar-refractivity contribution < 1.29 is 28.3 Å². The van der Waals surface area contributed by atoms with E-state index in [0.29, 0.717) is 11.4 Å². The number of rotatable bonds is 5. The highest BCUT2D eigenvalue weighted by Gasteiger charge is 2.27. The monoisotopic (exact) mass is 419 g/mol. The molecule has 9 heteroatoms. The molecule has 1 aliphatic rings. The molecule has 0 unspecified atom stereocenters. The van der Waals surface area contributed by atoms with E-state index >= 15 is 0 Å². The predicted octanol–water partition coefficient (Wildman–Crippen LogP) is 2.67. The number of benzene rings is 2. The van der Waals surface area contributed by atoms with E-state index in [4.69, 9.17) is 9.15 Å². The third kappa shape index (κ3) is 4.30. The maximum atomic E-state index is 12.6. The Morgan fingerprint density at radius 2 is 1.81 bits per heavy atom.